The van der Waals surface area contributed by atoms with Crippen molar-refractivity contribution >= 4 is 45.5 Å². The van der Waals surface area contributed by atoms with Crippen LogP contribution in [0.3, 0.4) is 0 Å². The summed E-state index contributed by atoms with van der Waals surface area (Å²) in [6, 6.07) is -0.623. The number of likely N-dealkylation sites (tertiary alicyclic amines) is 1. The molecular weight excluding hydrogens is 460 g/mol. The summed E-state index contributed by atoms with van der Waals surface area (Å²) in [6.07, 6.45) is 4.08. The topological polar surface area (TPSA) is 95.9 Å². The van der Waals surface area contributed by atoms with Crippen LogP contribution in [0.25, 0.3) is 0 Å². The third kappa shape index (κ3) is 3.94. The maximum Gasteiger partial charge on any atom is 0.310 e. The van der Waals surface area contributed by atoms with Crippen molar-refractivity contribution in [1.82, 2.24) is 10.2 Å². The number of thioether (sulfide) groups is 1. The lowest BCUT2D eigenvalue weighted by molar-refractivity contribution is -0.153. The van der Waals surface area contributed by atoms with Gasteiger partial charge in [-0.25, -0.2) is 0 Å². The fourth-order valence-electron chi connectivity index (χ4n) is 5.10. The van der Waals surface area contributed by atoms with Crippen molar-refractivity contribution < 1.29 is 24.2 Å². The SMILES string of the molecule is CCCCCNC(=O)C1N(CCCO)C(=O)[C@@H]2[C@@H](C(=O)OCC)[C@@H]3SC12CC3Br. The summed E-state index contributed by atoms with van der Waals surface area (Å²) in [7, 11) is 0. The Hall–Kier alpha value is -0.800. The summed E-state index contributed by atoms with van der Waals surface area (Å²) in [5.41, 5.74) is 0. The van der Waals surface area contributed by atoms with Crippen molar-refractivity contribution in [3.8, 4) is 0 Å². The van der Waals surface area contributed by atoms with E-state index in [9.17, 15) is 19.5 Å². The quantitative estimate of drug-likeness (QED) is 0.275. The molecule has 3 aliphatic rings. The van der Waals surface area contributed by atoms with Crippen LogP contribution in [0.4, 0.5) is 0 Å². The van der Waals surface area contributed by atoms with Gasteiger partial charge < -0.3 is 20.1 Å². The number of nitrogens with one attached hydrogen (secondary N) is 1. The van der Waals surface area contributed by atoms with Crippen LogP contribution >= 0.6 is 27.7 Å². The second-order valence-corrected chi connectivity index (χ2v) is 10.7. The Morgan fingerprint density at radius 3 is 2.76 bits per heavy atom. The summed E-state index contributed by atoms with van der Waals surface area (Å²) < 4.78 is 4.67. The Morgan fingerprint density at radius 1 is 1.34 bits per heavy atom. The lowest BCUT2D eigenvalue weighted by Crippen LogP contribution is -2.54. The highest BCUT2D eigenvalue weighted by atomic mass is 79.9. The van der Waals surface area contributed by atoms with Crippen LogP contribution in [0.5, 0.6) is 0 Å². The molecule has 164 valence electrons. The van der Waals surface area contributed by atoms with E-state index in [2.05, 4.69) is 28.2 Å². The van der Waals surface area contributed by atoms with E-state index in [0.29, 0.717) is 25.9 Å². The van der Waals surface area contributed by atoms with Gasteiger partial charge in [-0.15, -0.1) is 11.8 Å². The number of unbranched alkanes of at least 4 members (excludes halogenated alkanes) is 2. The van der Waals surface area contributed by atoms with Crippen molar-refractivity contribution in [2.45, 2.75) is 66.8 Å². The van der Waals surface area contributed by atoms with Gasteiger partial charge in [0.25, 0.3) is 0 Å². The number of halogens is 1. The van der Waals surface area contributed by atoms with E-state index in [0.717, 1.165) is 19.3 Å². The third-order valence-electron chi connectivity index (χ3n) is 6.23. The molecule has 6 atom stereocenters. The van der Waals surface area contributed by atoms with E-state index in [-0.39, 0.29) is 41.1 Å². The van der Waals surface area contributed by atoms with Gasteiger partial charge in [0, 0.05) is 29.8 Å². The summed E-state index contributed by atoms with van der Waals surface area (Å²) >= 11 is 5.31. The first-order valence-corrected chi connectivity index (χ1v) is 12.4. The molecule has 0 aliphatic carbocycles. The van der Waals surface area contributed by atoms with Gasteiger partial charge in [-0.05, 0) is 26.2 Å². The molecule has 7 nitrogen and oxygen atoms in total. The first kappa shape index (κ1) is 22.9. The van der Waals surface area contributed by atoms with Crippen LogP contribution in [0.2, 0.25) is 0 Å². The number of hydrogen-bond donors (Lipinski definition) is 2. The number of carbonyl (C=O) groups excluding carboxylic acids is 3. The molecule has 3 heterocycles. The van der Waals surface area contributed by atoms with Crippen molar-refractivity contribution in [2.75, 3.05) is 26.3 Å². The lowest BCUT2D eigenvalue weighted by atomic mass is 9.71. The Balaban J connectivity index is 1.90. The van der Waals surface area contributed by atoms with Crippen LogP contribution in [-0.4, -0.2) is 75.0 Å². The molecule has 3 rings (SSSR count). The molecular formula is C20H31BrN2O5S. The summed E-state index contributed by atoms with van der Waals surface area (Å²) in [6.45, 7) is 4.98. The third-order valence-corrected chi connectivity index (χ3v) is 9.45. The lowest BCUT2D eigenvalue weighted by Gasteiger charge is -2.35. The highest BCUT2D eigenvalue weighted by Crippen LogP contribution is 2.67. The minimum Gasteiger partial charge on any atom is -0.466 e. The zero-order valence-electron chi connectivity index (χ0n) is 17.1. The van der Waals surface area contributed by atoms with E-state index >= 15 is 0 Å². The van der Waals surface area contributed by atoms with Crippen molar-refractivity contribution in [2.24, 2.45) is 11.8 Å². The zero-order valence-corrected chi connectivity index (χ0v) is 19.5. The molecule has 3 unspecified atom stereocenters. The number of carbonyl (C=O) groups is 3. The molecule has 2 bridgehead atoms. The van der Waals surface area contributed by atoms with E-state index in [1.165, 1.54) is 0 Å². The minimum atomic E-state index is -0.627. The molecule has 3 saturated heterocycles. The molecule has 0 saturated carbocycles. The highest BCUT2D eigenvalue weighted by molar-refractivity contribution is 9.09. The van der Waals surface area contributed by atoms with E-state index in [1.54, 1.807) is 23.6 Å². The second-order valence-electron chi connectivity index (χ2n) is 8.02. The maximum atomic E-state index is 13.4. The summed E-state index contributed by atoms with van der Waals surface area (Å²) in [4.78, 5) is 41.1. The standard InChI is InChI=1S/C20H31BrN2O5S/c1-3-5-6-8-22-17(25)16-20-11-12(21)15(29-20)13(19(27)28-4-2)14(20)18(26)23(16)9-7-10-24/h12-16,24H,3-11H2,1-2H3,(H,22,25)/t12?,13-,14+,15-,16?,20?/m1/s1. The van der Waals surface area contributed by atoms with E-state index in [4.69, 9.17) is 4.74 Å². The molecule has 9 heteroatoms. The van der Waals surface area contributed by atoms with Crippen LogP contribution in [0, 0.1) is 11.8 Å². The second kappa shape index (κ2) is 9.56. The molecule has 1 spiro atoms. The Morgan fingerprint density at radius 2 is 2.10 bits per heavy atom. The maximum absolute atomic E-state index is 13.4. The van der Waals surface area contributed by atoms with Crippen molar-refractivity contribution in [3.63, 3.8) is 0 Å². The fourth-order valence-corrected chi connectivity index (χ4v) is 8.70. The molecule has 0 radical (unpaired) electrons. The number of amides is 2. The average Bonchev–Trinajstić information content (AvgIpc) is 3.27. The molecule has 0 aromatic rings. The van der Waals surface area contributed by atoms with Crippen molar-refractivity contribution in [3.05, 3.63) is 0 Å². The number of esters is 1. The number of aliphatic hydroxyl groups excluding tert-OH is 1. The Labute approximate surface area is 184 Å². The largest absolute Gasteiger partial charge is 0.466 e. The first-order valence-electron chi connectivity index (χ1n) is 10.6. The predicted octanol–water partition coefficient (Wildman–Crippen LogP) is 1.70. The van der Waals surface area contributed by atoms with Gasteiger partial charge in [0.1, 0.15) is 6.04 Å². The zero-order chi connectivity index (χ0) is 21.2. The Bertz CT molecular complexity index is 650. The Kier molecular flexibility index (Phi) is 7.54. The minimum absolute atomic E-state index is 0.0512. The fraction of sp³-hybridized carbons (Fsp3) is 0.850. The molecule has 29 heavy (non-hydrogen) atoms. The smallest absolute Gasteiger partial charge is 0.310 e. The molecule has 2 N–H and O–H groups in total. The van der Waals surface area contributed by atoms with Crippen LogP contribution in [0.1, 0.15) is 46.0 Å². The number of hydrogen-bond acceptors (Lipinski definition) is 6. The summed E-state index contributed by atoms with van der Waals surface area (Å²) in [5.74, 6) is -1.73. The molecule has 0 aromatic heterocycles. The first-order chi connectivity index (χ1) is 13.9. The number of alkyl halides is 1. The summed E-state index contributed by atoms with van der Waals surface area (Å²) in [5, 5.41) is 12.2. The number of rotatable bonds is 10. The van der Waals surface area contributed by atoms with Gasteiger partial charge in [-0.2, -0.15) is 0 Å². The number of aliphatic hydroxyl groups is 1. The number of ether oxygens (including phenoxy) is 1. The van der Waals surface area contributed by atoms with Gasteiger partial charge >= 0.3 is 5.97 Å². The van der Waals surface area contributed by atoms with E-state index < -0.39 is 22.6 Å². The average molecular weight is 491 g/mol. The van der Waals surface area contributed by atoms with Crippen LogP contribution in [0.15, 0.2) is 0 Å². The van der Waals surface area contributed by atoms with Gasteiger partial charge in [-0.1, -0.05) is 35.7 Å². The van der Waals surface area contributed by atoms with Crippen LogP contribution < -0.4 is 5.32 Å². The van der Waals surface area contributed by atoms with Gasteiger partial charge in [0.2, 0.25) is 11.8 Å². The van der Waals surface area contributed by atoms with Crippen molar-refractivity contribution in [1.29, 1.82) is 0 Å². The van der Waals surface area contributed by atoms with Crippen LogP contribution in [-0.2, 0) is 19.1 Å². The molecule has 3 aliphatic heterocycles. The number of nitrogens with zero attached hydrogens (tertiary/aromatic N) is 1. The number of fused-ring (bicyclic) bond motifs is 1. The molecule has 0 aromatic carbocycles. The predicted molar refractivity (Wildman–Crippen MR) is 115 cm³/mol. The molecule has 2 amide bonds. The van der Waals surface area contributed by atoms with Gasteiger partial charge in [0.05, 0.1) is 23.2 Å². The normalized spacial score (nSPS) is 35.1. The van der Waals surface area contributed by atoms with Gasteiger partial charge in [0.15, 0.2) is 0 Å². The monoisotopic (exact) mass is 490 g/mol. The van der Waals surface area contributed by atoms with Gasteiger partial charge in [-0.3, -0.25) is 14.4 Å². The van der Waals surface area contributed by atoms with E-state index in [1.807, 2.05) is 0 Å². The highest BCUT2D eigenvalue weighted by Gasteiger charge is 2.75. The molecule has 3 fully saturated rings.